The summed E-state index contributed by atoms with van der Waals surface area (Å²) >= 11 is 0. The summed E-state index contributed by atoms with van der Waals surface area (Å²) in [6, 6.07) is 0.141. The molecular weight excluding hydrogens is 254 g/mol. The zero-order valence-corrected chi connectivity index (χ0v) is 12.9. The van der Waals surface area contributed by atoms with Crippen LogP contribution < -0.4 is 0 Å². The van der Waals surface area contributed by atoms with Crippen molar-refractivity contribution in [1.29, 1.82) is 0 Å². The van der Waals surface area contributed by atoms with Crippen molar-refractivity contribution in [3.63, 3.8) is 0 Å². The highest BCUT2D eigenvalue weighted by Crippen LogP contribution is 2.21. The van der Waals surface area contributed by atoms with E-state index in [9.17, 15) is 13.2 Å². The van der Waals surface area contributed by atoms with Crippen LogP contribution in [0.25, 0.3) is 0 Å². The van der Waals surface area contributed by atoms with Gasteiger partial charge < -0.3 is 10.0 Å². The van der Waals surface area contributed by atoms with Gasteiger partial charge in [0.05, 0.1) is 16.4 Å². The number of carboxylic acids is 1. The van der Waals surface area contributed by atoms with Crippen molar-refractivity contribution in [3.8, 4) is 0 Å². The Kier molecular flexibility index (Phi) is 6.29. The average Bonchev–Trinajstić information content (AvgIpc) is 2.26. The summed E-state index contributed by atoms with van der Waals surface area (Å²) in [4.78, 5) is 12.8. The Morgan fingerprint density at radius 2 is 1.61 bits per heavy atom. The summed E-state index contributed by atoms with van der Waals surface area (Å²) < 4.78 is 24.5. The van der Waals surface area contributed by atoms with Gasteiger partial charge in [0, 0.05) is 6.04 Å². The van der Waals surface area contributed by atoms with E-state index in [2.05, 4.69) is 0 Å². The molecule has 0 amide bonds. The first-order valence-corrected chi connectivity index (χ1v) is 7.74. The van der Waals surface area contributed by atoms with E-state index in [1.54, 1.807) is 6.92 Å². The largest absolute Gasteiger partial charge is 0.481 e. The first-order chi connectivity index (χ1) is 8.01. The number of carboxylic acid groups (broad SMARTS) is 1. The molecule has 4 unspecified atom stereocenters. The second-order valence-electron chi connectivity index (χ2n) is 5.28. The third-order valence-corrected chi connectivity index (χ3v) is 6.49. The quantitative estimate of drug-likeness (QED) is 0.759. The molecule has 0 rings (SSSR count). The van der Waals surface area contributed by atoms with E-state index < -0.39 is 32.2 Å². The zero-order valence-electron chi connectivity index (χ0n) is 12.0. The van der Waals surface area contributed by atoms with Gasteiger partial charge in [0.25, 0.3) is 0 Å². The van der Waals surface area contributed by atoms with Crippen molar-refractivity contribution in [2.75, 3.05) is 14.1 Å². The molecule has 0 aliphatic carbocycles. The van der Waals surface area contributed by atoms with Crippen LogP contribution in [0.5, 0.6) is 0 Å². The molecule has 4 atom stereocenters. The molecule has 108 valence electrons. The molecule has 1 N–H and O–H groups in total. The van der Waals surface area contributed by atoms with Gasteiger partial charge in [0.1, 0.15) is 0 Å². The zero-order chi connectivity index (χ0) is 14.7. The maximum atomic E-state index is 12.3. The van der Waals surface area contributed by atoms with E-state index in [4.69, 9.17) is 5.11 Å². The molecule has 0 radical (unpaired) electrons. The summed E-state index contributed by atoms with van der Waals surface area (Å²) in [6.45, 7) is 6.52. The van der Waals surface area contributed by atoms with E-state index >= 15 is 0 Å². The number of hydrogen-bond acceptors (Lipinski definition) is 4. The summed E-state index contributed by atoms with van der Waals surface area (Å²) in [5, 5.41) is 7.50. The van der Waals surface area contributed by atoms with Crippen LogP contribution in [-0.4, -0.2) is 55.0 Å². The minimum Gasteiger partial charge on any atom is -0.481 e. The average molecular weight is 279 g/mol. The highest BCUT2D eigenvalue weighted by molar-refractivity contribution is 7.92. The highest BCUT2D eigenvalue weighted by Gasteiger charge is 2.35. The Bertz CT molecular complexity index is 378. The minimum atomic E-state index is -3.42. The molecule has 0 spiro atoms. The lowest BCUT2D eigenvalue weighted by Crippen LogP contribution is -2.39. The molecule has 0 heterocycles. The number of sulfone groups is 1. The molecule has 6 heteroatoms. The van der Waals surface area contributed by atoms with Crippen LogP contribution in [0.2, 0.25) is 0 Å². The molecule has 0 aromatic rings. The lowest BCUT2D eigenvalue weighted by Gasteiger charge is -2.26. The molecule has 18 heavy (non-hydrogen) atoms. The first-order valence-electron chi connectivity index (χ1n) is 6.13. The van der Waals surface area contributed by atoms with E-state index in [0.717, 1.165) is 0 Å². The molecule has 0 saturated heterocycles. The fraction of sp³-hybridized carbons (Fsp3) is 0.917. The summed E-state index contributed by atoms with van der Waals surface area (Å²) in [6.07, 6.45) is 0.506. The minimum absolute atomic E-state index is 0.141. The van der Waals surface area contributed by atoms with Gasteiger partial charge in [-0.1, -0.05) is 6.92 Å². The second kappa shape index (κ2) is 6.52. The van der Waals surface area contributed by atoms with Crippen LogP contribution in [0.15, 0.2) is 0 Å². The van der Waals surface area contributed by atoms with Crippen molar-refractivity contribution in [3.05, 3.63) is 0 Å². The molecule has 0 aromatic heterocycles. The Hall–Kier alpha value is -0.620. The smallest absolute Gasteiger partial charge is 0.307 e. The van der Waals surface area contributed by atoms with E-state index in [1.165, 1.54) is 13.8 Å². The van der Waals surface area contributed by atoms with Gasteiger partial charge in [-0.25, -0.2) is 8.42 Å². The van der Waals surface area contributed by atoms with E-state index in [0.29, 0.717) is 6.42 Å². The fourth-order valence-electron chi connectivity index (χ4n) is 1.68. The highest BCUT2D eigenvalue weighted by atomic mass is 32.2. The van der Waals surface area contributed by atoms with Crippen molar-refractivity contribution >= 4 is 15.8 Å². The summed E-state index contributed by atoms with van der Waals surface area (Å²) in [7, 11) is 0.373. The predicted octanol–water partition coefficient (Wildman–Crippen LogP) is 1.24. The predicted molar refractivity (Wildman–Crippen MR) is 72.4 cm³/mol. The molecule has 0 fully saturated rings. The number of hydrogen-bond donors (Lipinski definition) is 1. The summed E-state index contributed by atoms with van der Waals surface area (Å²) in [5.74, 6) is -1.95. The second-order valence-corrected chi connectivity index (χ2v) is 8.01. The molecule has 0 bridgehead atoms. The lowest BCUT2D eigenvalue weighted by atomic mass is 10.1. The molecular formula is C12H25NO4S. The Labute approximate surface area is 110 Å². The third kappa shape index (κ3) is 4.24. The van der Waals surface area contributed by atoms with Crippen molar-refractivity contribution in [2.24, 2.45) is 5.92 Å². The molecule has 0 aromatic carbocycles. The van der Waals surface area contributed by atoms with Crippen LogP contribution in [0.1, 0.15) is 34.1 Å². The van der Waals surface area contributed by atoms with E-state index in [-0.39, 0.29) is 6.04 Å². The number of aliphatic carboxylic acids is 1. The van der Waals surface area contributed by atoms with Gasteiger partial charge in [-0.3, -0.25) is 4.79 Å². The Morgan fingerprint density at radius 1 is 1.17 bits per heavy atom. The SMILES string of the molecule is CC(C(=O)O)C(C)S(=O)(=O)C(C)CC(C)N(C)C. The Morgan fingerprint density at radius 3 is 1.94 bits per heavy atom. The van der Waals surface area contributed by atoms with Crippen molar-refractivity contribution < 1.29 is 18.3 Å². The maximum Gasteiger partial charge on any atom is 0.307 e. The Balaban J connectivity index is 4.87. The van der Waals surface area contributed by atoms with E-state index in [1.807, 2.05) is 25.9 Å². The molecule has 5 nitrogen and oxygen atoms in total. The topological polar surface area (TPSA) is 74.7 Å². The lowest BCUT2D eigenvalue weighted by molar-refractivity contribution is -0.141. The van der Waals surface area contributed by atoms with Gasteiger partial charge in [-0.05, 0) is 41.3 Å². The van der Waals surface area contributed by atoms with Gasteiger partial charge >= 0.3 is 5.97 Å². The number of carbonyl (C=O) groups is 1. The van der Waals surface area contributed by atoms with Gasteiger partial charge in [0.2, 0.25) is 0 Å². The van der Waals surface area contributed by atoms with Crippen LogP contribution >= 0.6 is 0 Å². The molecule has 0 aliphatic heterocycles. The maximum absolute atomic E-state index is 12.3. The van der Waals surface area contributed by atoms with Crippen molar-refractivity contribution in [2.45, 2.75) is 50.7 Å². The normalized spacial score (nSPS) is 19.3. The first kappa shape index (κ1) is 17.4. The van der Waals surface area contributed by atoms with Gasteiger partial charge in [0.15, 0.2) is 9.84 Å². The van der Waals surface area contributed by atoms with Gasteiger partial charge in [-0.2, -0.15) is 0 Å². The number of rotatable bonds is 7. The summed E-state index contributed by atoms with van der Waals surface area (Å²) in [5.41, 5.74) is 0. The monoisotopic (exact) mass is 279 g/mol. The van der Waals surface area contributed by atoms with Crippen LogP contribution in [-0.2, 0) is 14.6 Å². The standard InChI is InChI=1S/C12H25NO4S/c1-8(13(5)6)7-9(2)18(16,17)11(4)10(3)12(14)15/h8-11H,7H2,1-6H3,(H,14,15). The molecule has 0 aliphatic rings. The van der Waals surface area contributed by atoms with Crippen LogP contribution in [0.3, 0.4) is 0 Å². The molecule has 0 saturated carbocycles. The number of nitrogens with zero attached hydrogens (tertiary/aromatic N) is 1. The third-order valence-electron chi connectivity index (χ3n) is 3.73. The van der Waals surface area contributed by atoms with Crippen LogP contribution in [0.4, 0.5) is 0 Å². The fourth-order valence-corrected chi connectivity index (χ4v) is 3.64. The van der Waals surface area contributed by atoms with Crippen LogP contribution in [0, 0.1) is 5.92 Å². The van der Waals surface area contributed by atoms with Gasteiger partial charge in [-0.15, -0.1) is 0 Å². The van der Waals surface area contributed by atoms with Crippen molar-refractivity contribution in [1.82, 2.24) is 4.90 Å².